The zero-order chi connectivity index (χ0) is 18.7. The molecule has 1 amide bonds. The summed E-state index contributed by atoms with van der Waals surface area (Å²) in [7, 11) is 0. The number of aryl methyl sites for hydroxylation is 1. The number of carbonyl (C=O) groups excluding carboxylic acids is 1. The lowest BCUT2D eigenvalue weighted by Gasteiger charge is -2.08. The molecule has 26 heavy (non-hydrogen) atoms. The quantitative estimate of drug-likeness (QED) is 0.672. The van der Waals surface area contributed by atoms with Crippen molar-refractivity contribution >= 4 is 57.8 Å². The van der Waals surface area contributed by atoms with Gasteiger partial charge in [0, 0.05) is 0 Å². The molecule has 1 saturated heterocycles. The monoisotopic (exact) mass is 406 g/mol. The van der Waals surface area contributed by atoms with Crippen molar-refractivity contribution in [2.24, 2.45) is 4.99 Å². The van der Waals surface area contributed by atoms with Crippen LogP contribution >= 0.6 is 35.0 Å². The van der Waals surface area contributed by atoms with Crippen LogP contribution in [-0.2, 0) is 4.79 Å². The molecule has 0 aromatic heterocycles. The highest BCUT2D eigenvalue weighted by atomic mass is 35.5. The van der Waals surface area contributed by atoms with Crippen molar-refractivity contribution in [3.05, 3.63) is 62.5 Å². The van der Waals surface area contributed by atoms with E-state index in [9.17, 15) is 4.79 Å². The number of amidine groups is 1. The first-order chi connectivity index (χ1) is 12.5. The van der Waals surface area contributed by atoms with E-state index >= 15 is 0 Å². The molecule has 0 radical (unpaired) electrons. The second-order valence-corrected chi connectivity index (χ2v) is 7.41. The molecule has 2 aromatic rings. The van der Waals surface area contributed by atoms with Gasteiger partial charge < -0.3 is 10.1 Å². The molecule has 0 atom stereocenters. The van der Waals surface area contributed by atoms with Crippen LogP contribution in [0.5, 0.6) is 5.75 Å². The minimum absolute atomic E-state index is 0.206. The average molecular weight is 407 g/mol. The van der Waals surface area contributed by atoms with Gasteiger partial charge in [0.2, 0.25) is 0 Å². The van der Waals surface area contributed by atoms with Gasteiger partial charge in [0.1, 0.15) is 0 Å². The maximum absolute atomic E-state index is 12.2. The molecule has 1 fully saturated rings. The van der Waals surface area contributed by atoms with Crippen molar-refractivity contribution in [3.63, 3.8) is 0 Å². The minimum Gasteiger partial charge on any atom is -0.491 e. The van der Waals surface area contributed by atoms with Gasteiger partial charge in [-0.25, -0.2) is 4.99 Å². The molecular weight excluding hydrogens is 391 g/mol. The number of rotatable bonds is 4. The highest BCUT2D eigenvalue weighted by Gasteiger charge is 2.24. The third kappa shape index (κ3) is 4.41. The Kier molecular flexibility index (Phi) is 5.91. The summed E-state index contributed by atoms with van der Waals surface area (Å²) in [6.07, 6.45) is 1.73. The molecule has 0 spiro atoms. The van der Waals surface area contributed by atoms with Gasteiger partial charge in [0.15, 0.2) is 10.9 Å². The van der Waals surface area contributed by atoms with Gasteiger partial charge in [-0.2, -0.15) is 0 Å². The number of amides is 1. The molecular formula is C19H16Cl2N2O2S. The standard InChI is InChI=1S/C19H16Cl2N2O2S/c1-3-25-17-14(20)8-12(9-15(17)21)10-16-18(24)23-19(26-16)22-13-6-4-11(2)5-7-13/h4-10H,3H2,1-2H3,(H,22,23,24)/b16-10-. The second kappa shape index (κ2) is 8.16. The van der Waals surface area contributed by atoms with Crippen LogP contribution in [-0.4, -0.2) is 17.7 Å². The van der Waals surface area contributed by atoms with Crippen LogP contribution in [0.15, 0.2) is 46.3 Å². The predicted octanol–water partition coefficient (Wildman–Crippen LogP) is 5.59. The summed E-state index contributed by atoms with van der Waals surface area (Å²) in [5.41, 5.74) is 2.66. The maximum Gasteiger partial charge on any atom is 0.264 e. The van der Waals surface area contributed by atoms with Crippen molar-refractivity contribution in [2.45, 2.75) is 13.8 Å². The largest absolute Gasteiger partial charge is 0.491 e. The van der Waals surface area contributed by atoms with Gasteiger partial charge in [0.25, 0.3) is 5.91 Å². The third-order valence-electron chi connectivity index (χ3n) is 3.52. The minimum atomic E-state index is -0.206. The Morgan fingerprint density at radius 3 is 2.46 bits per heavy atom. The Balaban J connectivity index is 1.84. The molecule has 7 heteroatoms. The van der Waals surface area contributed by atoms with Gasteiger partial charge in [-0.3, -0.25) is 4.79 Å². The number of carbonyl (C=O) groups is 1. The van der Waals surface area contributed by atoms with Crippen LogP contribution in [0.4, 0.5) is 5.69 Å². The lowest BCUT2D eigenvalue weighted by atomic mass is 10.2. The van der Waals surface area contributed by atoms with E-state index in [0.29, 0.717) is 32.5 Å². The summed E-state index contributed by atoms with van der Waals surface area (Å²) in [6, 6.07) is 11.2. The molecule has 4 nitrogen and oxygen atoms in total. The van der Waals surface area contributed by atoms with Gasteiger partial charge in [0.05, 0.1) is 27.2 Å². The number of thioether (sulfide) groups is 1. The average Bonchev–Trinajstić information content (AvgIpc) is 2.92. The van der Waals surface area contributed by atoms with Gasteiger partial charge >= 0.3 is 0 Å². The summed E-state index contributed by atoms with van der Waals surface area (Å²) in [5, 5.41) is 4.11. The lowest BCUT2D eigenvalue weighted by Crippen LogP contribution is -2.19. The predicted molar refractivity (Wildman–Crippen MR) is 110 cm³/mol. The smallest absolute Gasteiger partial charge is 0.264 e. The van der Waals surface area contributed by atoms with Crippen molar-refractivity contribution in [2.75, 3.05) is 6.61 Å². The van der Waals surface area contributed by atoms with E-state index in [1.165, 1.54) is 11.8 Å². The summed E-state index contributed by atoms with van der Waals surface area (Å²) in [5.74, 6) is 0.241. The molecule has 1 aliphatic rings. The Labute approximate surface area is 166 Å². The van der Waals surface area contributed by atoms with Gasteiger partial charge in [-0.05, 0) is 61.5 Å². The summed E-state index contributed by atoms with van der Waals surface area (Å²) in [6.45, 7) is 4.34. The van der Waals surface area contributed by atoms with E-state index < -0.39 is 0 Å². The molecule has 1 N–H and O–H groups in total. The molecule has 0 aliphatic carbocycles. The molecule has 134 valence electrons. The number of nitrogens with one attached hydrogen (secondary N) is 1. The Morgan fingerprint density at radius 1 is 1.19 bits per heavy atom. The fourth-order valence-electron chi connectivity index (χ4n) is 2.31. The third-order valence-corrected chi connectivity index (χ3v) is 4.99. The van der Waals surface area contributed by atoms with E-state index in [1.807, 2.05) is 38.1 Å². The van der Waals surface area contributed by atoms with Crippen molar-refractivity contribution in [1.82, 2.24) is 5.32 Å². The number of hydrogen-bond acceptors (Lipinski definition) is 4. The van der Waals surface area contributed by atoms with E-state index in [2.05, 4.69) is 10.3 Å². The number of benzene rings is 2. The van der Waals surface area contributed by atoms with Gasteiger partial charge in [-0.1, -0.05) is 40.9 Å². The summed E-state index contributed by atoms with van der Waals surface area (Å²) >= 11 is 13.7. The SMILES string of the molecule is CCOc1c(Cl)cc(/C=C2\SC(=Nc3ccc(C)cc3)NC2=O)cc1Cl. The second-order valence-electron chi connectivity index (χ2n) is 5.56. The zero-order valence-electron chi connectivity index (χ0n) is 14.2. The molecule has 1 aliphatic heterocycles. The van der Waals surface area contributed by atoms with Crippen molar-refractivity contribution in [1.29, 1.82) is 0 Å². The van der Waals surface area contributed by atoms with Crippen molar-refractivity contribution in [3.8, 4) is 5.75 Å². The van der Waals surface area contributed by atoms with Crippen molar-refractivity contribution < 1.29 is 9.53 Å². The molecule has 0 bridgehead atoms. The Bertz CT molecular complexity index is 885. The zero-order valence-corrected chi connectivity index (χ0v) is 16.5. The number of nitrogens with zero attached hydrogens (tertiary/aromatic N) is 1. The fraction of sp³-hybridized carbons (Fsp3) is 0.158. The van der Waals surface area contributed by atoms with Crippen LogP contribution in [0.25, 0.3) is 6.08 Å². The number of hydrogen-bond donors (Lipinski definition) is 1. The number of halogens is 2. The van der Waals surface area contributed by atoms with Crippen LogP contribution in [0.1, 0.15) is 18.1 Å². The van der Waals surface area contributed by atoms with E-state index in [0.717, 1.165) is 16.8 Å². The van der Waals surface area contributed by atoms with Crippen LogP contribution < -0.4 is 10.1 Å². The molecule has 3 rings (SSSR count). The normalized spacial score (nSPS) is 17.0. The Morgan fingerprint density at radius 2 is 1.85 bits per heavy atom. The topological polar surface area (TPSA) is 50.7 Å². The highest BCUT2D eigenvalue weighted by Crippen LogP contribution is 2.36. The van der Waals surface area contributed by atoms with E-state index in [4.69, 9.17) is 27.9 Å². The lowest BCUT2D eigenvalue weighted by molar-refractivity contribution is -0.115. The molecule has 1 heterocycles. The fourth-order valence-corrected chi connectivity index (χ4v) is 3.77. The summed E-state index contributed by atoms with van der Waals surface area (Å²) < 4.78 is 5.42. The Hall–Kier alpha value is -1.95. The number of aliphatic imine (C=N–C) groups is 1. The van der Waals surface area contributed by atoms with E-state index in [1.54, 1.807) is 18.2 Å². The molecule has 2 aromatic carbocycles. The molecule has 0 saturated carbocycles. The first kappa shape index (κ1) is 18.8. The highest BCUT2D eigenvalue weighted by molar-refractivity contribution is 8.18. The first-order valence-electron chi connectivity index (χ1n) is 7.94. The van der Waals surface area contributed by atoms with E-state index in [-0.39, 0.29) is 5.91 Å². The van der Waals surface area contributed by atoms with Crippen LogP contribution in [0.2, 0.25) is 10.0 Å². The van der Waals surface area contributed by atoms with Crippen LogP contribution in [0.3, 0.4) is 0 Å². The summed E-state index contributed by atoms with van der Waals surface area (Å²) in [4.78, 5) is 17.2. The first-order valence-corrected chi connectivity index (χ1v) is 9.51. The van der Waals surface area contributed by atoms with Gasteiger partial charge in [-0.15, -0.1) is 0 Å². The molecule has 0 unspecified atom stereocenters. The van der Waals surface area contributed by atoms with Crippen LogP contribution in [0, 0.1) is 6.92 Å². The maximum atomic E-state index is 12.2. The number of ether oxygens (including phenoxy) is 1.